The molecule has 2 amide bonds. The second-order valence-corrected chi connectivity index (χ2v) is 10.8. The number of thioether (sulfide) groups is 2. The number of para-hydroxylation sites is 1. The summed E-state index contributed by atoms with van der Waals surface area (Å²) >= 11 is 3.21. The number of hydrogen-bond acceptors (Lipinski definition) is 6. The molecule has 0 spiro atoms. The summed E-state index contributed by atoms with van der Waals surface area (Å²) in [6.45, 7) is 4.50. The normalized spacial score (nSPS) is 29.3. The standard InChI is InChI=1S/C24H27N3O3S2/c1-15-19(24(29)27-11-13-30-14-12-27)22(32-20(15)16-7-3-2-4-8-16)26-21(28)23-25-17-9-5-6-10-18(17)31-23/h2-10,15,19-20,22-23,25H,11-14H2,1H3,(H,26,28). The van der Waals surface area contributed by atoms with Crippen molar-refractivity contribution in [3.05, 3.63) is 60.2 Å². The molecule has 3 aliphatic heterocycles. The zero-order valence-corrected chi connectivity index (χ0v) is 19.5. The van der Waals surface area contributed by atoms with Gasteiger partial charge in [-0.3, -0.25) is 9.59 Å². The van der Waals surface area contributed by atoms with Crippen LogP contribution in [-0.2, 0) is 14.3 Å². The third-order valence-electron chi connectivity index (χ3n) is 6.34. The van der Waals surface area contributed by atoms with E-state index in [0.29, 0.717) is 26.3 Å². The van der Waals surface area contributed by atoms with Crippen molar-refractivity contribution in [2.45, 2.75) is 27.8 Å². The van der Waals surface area contributed by atoms with E-state index in [9.17, 15) is 9.59 Å². The highest BCUT2D eigenvalue weighted by Crippen LogP contribution is 2.52. The van der Waals surface area contributed by atoms with Gasteiger partial charge < -0.3 is 20.3 Å². The van der Waals surface area contributed by atoms with E-state index in [2.05, 4.69) is 29.7 Å². The second-order valence-electron chi connectivity index (χ2n) is 8.36. The molecule has 0 aromatic heterocycles. The van der Waals surface area contributed by atoms with Crippen molar-refractivity contribution in [3.8, 4) is 0 Å². The second kappa shape index (κ2) is 9.37. The van der Waals surface area contributed by atoms with Crippen LogP contribution in [0, 0.1) is 11.8 Å². The highest BCUT2D eigenvalue weighted by atomic mass is 32.2. The highest BCUT2D eigenvalue weighted by Gasteiger charge is 2.48. The number of carbonyl (C=O) groups is 2. The smallest absolute Gasteiger partial charge is 0.254 e. The van der Waals surface area contributed by atoms with Crippen LogP contribution in [0.15, 0.2) is 59.5 Å². The third kappa shape index (κ3) is 4.23. The van der Waals surface area contributed by atoms with Gasteiger partial charge in [0.15, 0.2) is 5.37 Å². The van der Waals surface area contributed by atoms with Crippen molar-refractivity contribution >= 4 is 41.0 Å². The Morgan fingerprint density at radius 1 is 1.06 bits per heavy atom. The van der Waals surface area contributed by atoms with E-state index >= 15 is 0 Å². The molecule has 0 radical (unpaired) electrons. The first-order valence-electron chi connectivity index (χ1n) is 11.0. The number of nitrogens with zero attached hydrogens (tertiary/aromatic N) is 1. The van der Waals surface area contributed by atoms with Crippen molar-refractivity contribution in [1.29, 1.82) is 0 Å². The molecule has 8 heteroatoms. The number of rotatable bonds is 4. The monoisotopic (exact) mass is 469 g/mol. The van der Waals surface area contributed by atoms with Crippen LogP contribution in [0.2, 0.25) is 0 Å². The Kier molecular flexibility index (Phi) is 6.35. The largest absolute Gasteiger partial charge is 0.378 e. The maximum atomic E-state index is 13.6. The van der Waals surface area contributed by atoms with E-state index in [0.717, 1.165) is 10.6 Å². The molecule has 3 aliphatic rings. The molecule has 5 rings (SSSR count). The Morgan fingerprint density at radius 2 is 1.78 bits per heavy atom. The fourth-order valence-corrected chi connectivity index (χ4v) is 7.44. The lowest BCUT2D eigenvalue weighted by Crippen LogP contribution is -2.51. The number of hydrogen-bond donors (Lipinski definition) is 2. The van der Waals surface area contributed by atoms with Gasteiger partial charge in [-0.25, -0.2) is 0 Å². The molecule has 32 heavy (non-hydrogen) atoms. The molecule has 2 fully saturated rings. The van der Waals surface area contributed by atoms with Gasteiger partial charge in [-0.1, -0.05) is 61.2 Å². The third-order valence-corrected chi connectivity index (χ3v) is 9.22. The summed E-state index contributed by atoms with van der Waals surface area (Å²) < 4.78 is 5.44. The lowest BCUT2D eigenvalue weighted by molar-refractivity contribution is -0.141. The summed E-state index contributed by atoms with van der Waals surface area (Å²) in [5.74, 6) is -0.137. The SMILES string of the molecule is CC1C(c2ccccc2)SC(NC(=O)C2Nc3ccccc3S2)C1C(=O)N1CCOCC1. The molecular weight excluding hydrogens is 442 g/mol. The van der Waals surface area contributed by atoms with Crippen molar-refractivity contribution in [2.24, 2.45) is 11.8 Å². The number of amides is 2. The van der Waals surface area contributed by atoms with E-state index in [-0.39, 0.29) is 34.3 Å². The van der Waals surface area contributed by atoms with Crippen molar-refractivity contribution in [2.75, 3.05) is 31.6 Å². The van der Waals surface area contributed by atoms with E-state index < -0.39 is 5.37 Å². The lowest BCUT2D eigenvalue weighted by atomic mass is 9.87. The van der Waals surface area contributed by atoms with Crippen LogP contribution in [0.1, 0.15) is 17.7 Å². The van der Waals surface area contributed by atoms with E-state index in [1.54, 1.807) is 11.8 Å². The Labute approximate surface area is 196 Å². The number of morpholine rings is 1. The number of benzene rings is 2. The molecule has 2 N–H and O–H groups in total. The van der Waals surface area contributed by atoms with E-state index in [1.165, 1.54) is 17.3 Å². The van der Waals surface area contributed by atoms with Crippen LogP contribution in [0.5, 0.6) is 0 Å². The molecule has 2 aromatic rings. The molecule has 168 valence electrons. The van der Waals surface area contributed by atoms with Crippen LogP contribution in [-0.4, -0.2) is 53.8 Å². The van der Waals surface area contributed by atoms with E-state index in [1.807, 2.05) is 47.4 Å². The highest BCUT2D eigenvalue weighted by molar-refractivity contribution is 8.01. The first kappa shape index (κ1) is 21.7. The van der Waals surface area contributed by atoms with Crippen LogP contribution < -0.4 is 10.6 Å². The summed E-state index contributed by atoms with van der Waals surface area (Å²) in [5, 5.41) is 6.00. The van der Waals surface area contributed by atoms with Crippen molar-refractivity contribution < 1.29 is 14.3 Å². The zero-order valence-electron chi connectivity index (χ0n) is 17.9. The van der Waals surface area contributed by atoms with Gasteiger partial charge >= 0.3 is 0 Å². The summed E-state index contributed by atoms with van der Waals surface area (Å²) in [6.07, 6.45) is 0. The Morgan fingerprint density at radius 3 is 2.53 bits per heavy atom. The molecule has 2 saturated heterocycles. The van der Waals surface area contributed by atoms with Gasteiger partial charge in [-0.05, 0) is 23.6 Å². The van der Waals surface area contributed by atoms with Crippen LogP contribution in [0.25, 0.3) is 0 Å². The first-order valence-corrected chi connectivity index (χ1v) is 12.8. The van der Waals surface area contributed by atoms with Crippen LogP contribution >= 0.6 is 23.5 Å². The molecular formula is C24H27N3O3S2. The van der Waals surface area contributed by atoms with Gasteiger partial charge in [0.1, 0.15) is 0 Å². The maximum absolute atomic E-state index is 13.6. The summed E-state index contributed by atoms with van der Waals surface area (Å²) in [6, 6.07) is 18.2. The summed E-state index contributed by atoms with van der Waals surface area (Å²) in [4.78, 5) is 29.7. The fraction of sp³-hybridized carbons (Fsp3) is 0.417. The summed E-state index contributed by atoms with van der Waals surface area (Å²) in [5.41, 5.74) is 2.18. The molecule has 5 atom stereocenters. The number of fused-ring (bicyclic) bond motifs is 1. The van der Waals surface area contributed by atoms with Crippen molar-refractivity contribution in [1.82, 2.24) is 10.2 Å². The van der Waals surface area contributed by atoms with Crippen LogP contribution in [0.4, 0.5) is 5.69 Å². The molecule has 0 aliphatic carbocycles. The maximum Gasteiger partial charge on any atom is 0.254 e. The quantitative estimate of drug-likeness (QED) is 0.714. The minimum absolute atomic E-state index is 0.0793. The Balaban J connectivity index is 1.35. The summed E-state index contributed by atoms with van der Waals surface area (Å²) in [7, 11) is 0. The minimum atomic E-state index is -0.391. The van der Waals surface area contributed by atoms with Gasteiger partial charge in [0.25, 0.3) is 5.91 Å². The number of ether oxygens (including phenoxy) is 1. The molecule has 5 unspecified atom stereocenters. The lowest BCUT2D eigenvalue weighted by Gasteiger charge is -2.32. The molecule has 3 heterocycles. The van der Waals surface area contributed by atoms with Gasteiger partial charge in [0, 0.05) is 28.9 Å². The van der Waals surface area contributed by atoms with Gasteiger partial charge in [0.2, 0.25) is 5.91 Å². The minimum Gasteiger partial charge on any atom is -0.378 e. The fourth-order valence-electron chi connectivity index (χ4n) is 4.65. The first-order chi connectivity index (χ1) is 15.6. The topological polar surface area (TPSA) is 70.7 Å². The van der Waals surface area contributed by atoms with Gasteiger partial charge in [-0.2, -0.15) is 0 Å². The Hall–Kier alpha value is -2.16. The number of anilines is 1. The molecule has 0 saturated carbocycles. The Bertz CT molecular complexity index is 958. The zero-order chi connectivity index (χ0) is 22.1. The van der Waals surface area contributed by atoms with Crippen LogP contribution in [0.3, 0.4) is 0 Å². The predicted octanol–water partition coefficient (Wildman–Crippen LogP) is 3.57. The van der Waals surface area contributed by atoms with Gasteiger partial charge in [-0.15, -0.1) is 11.8 Å². The number of nitrogens with one attached hydrogen (secondary N) is 2. The van der Waals surface area contributed by atoms with E-state index in [4.69, 9.17) is 4.74 Å². The molecule has 0 bridgehead atoms. The van der Waals surface area contributed by atoms with Gasteiger partial charge in [0.05, 0.1) is 24.5 Å². The molecule has 6 nitrogen and oxygen atoms in total. The average Bonchev–Trinajstić information content (AvgIpc) is 3.41. The number of carbonyl (C=O) groups excluding carboxylic acids is 2. The average molecular weight is 470 g/mol. The van der Waals surface area contributed by atoms with Crippen molar-refractivity contribution in [3.63, 3.8) is 0 Å². The molecule has 2 aromatic carbocycles. The predicted molar refractivity (Wildman–Crippen MR) is 128 cm³/mol.